The van der Waals surface area contributed by atoms with Gasteiger partial charge < -0.3 is 28.9 Å². The minimum atomic E-state index is -1.01. The van der Waals surface area contributed by atoms with E-state index in [0.717, 1.165) is 11.0 Å². The molecule has 2 aromatic carbocycles. The summed E-state index contributed by atoms with van der Waals surface area (Å²) in [5, 5.41) is 0. The molecule has 0 bridgehead atoms. The summed E-state index contributed by atoms with van der Waals surface area (Å²) in [5.74, 6) is -1.26. The zero-order valence-electron chi connectivity index (χ0n) is 26.7. The Bertz CT molecular complexity index is 1390. The van der Waals surface area contributed by atoms with Crippen molar-refractivity contribution in [2.75, 3.05) is 34.5 Å². The summed E-state index contributed by atoms with van der Waals surface area (Å²) in [7, 11) is 4.60. The van der Waals surface area contributed by atoms with Crippen molar-refractivity contribution in [3.8, 4) is 5.75 Å². The molecule has 0 spiro atoms. The lowest BCUT2D eigenvalue weighted by atomic mass is 10.0. The molecular formula is C31H41F2N5O6. The second kappa shape index (κ2) is 13.5. The Morgan fingerprint density at radius 3 is 2.00 bits per heavy atom. The number of amides is 4. The maximum absolute atomic E-state index is 16.0. The summed E-state index contributed by atoms with van der Waals surface area (Å²) in [4.78, 5) is 48.4. The van der Waals surface area contributed by atoms with Gasteiger partial charge in [0.2, 0.25) is 5.96 Å². The van der Waals surface area contributed by atoms with Crippen LogP contribution in [0, 0.1) is 11.6 Å². The number of methoxy groups -OCH3 is 1. The van der Waals surface area contributed by atoms with Gasteiger partial charge in [-0.15, -0.1) is 4.99 Å². The summed E-state index contributed by atoms with van der Waals surface area (Å²) >= 11 is 0. The van der Waals surface area contributed by atoms with Gasteiger partial charge in [0.25, 0.3) is 0 Å². The molecule has 0 radical (unpaired) electrons. The third-order valence-corrected chi connectivity index (χ3v) is 6.28. The van der Waals surface area contributed by atoms with E-state index >= 15 is 4.39 Å². The fourth-order valence-corrected chi connectivity index (χ4v) is 4.35. The number of guanidine groups is 1. The molecule has 1 heterocycles. The number of urea groups is 1. The Hall–Kier alpha value is -4.42. The summed E-state index contributed by atoms with van der Waals surface area (Å²) in [6.07, 6.45) is -2.02. The largest absolute Gasteiger partial charge is 0.497 e. The van der Waals surface area contributed by atoms with Crippen LogP contribution in [-0.2, 0) is 22.4 Å². The van der Waals surface area contributed by atoms with Crippen molar-refractivity contribution < 1.29 is 37.4 Å². The van der Waals surface area contributed by atoms with Crippen molar-refractivity contribution in [2.24, 2.45) is 4.99 Å². The highest BCUT2D eigenvalue weighted by atomic mass is 19.1. The van der Waals surface area contributed by atoms with E-state index in [9.17, 15) is 18.8 Å². The van der Waals surface area contributed by atoms with E-state index in [1.807, 2.05) is 0 Å². The Morgan fingerprint density at radius 1 is 0.909 bits per heavy atom. The van der Waals surface area contributed by atoms with Crippen molar-refractivity contribution in [1.82, 2.24) is 19.6 Å². The molecule has 0 aliphatic carbocycles. The molecule has 0 saturated carbocycles. The van der Waals surface area contributed by atoms with Crippen LogP contribution in [0.15, 0.2) is 41.4 Å². The topological polar surface area (TPSA) is 104 Å². The highest BCUT2D eigenvalue weighted by Crippen LogP contribution is 2.25. The first-order valence-electron chi connectivity index (χ1n) is 14.0. The quantitative estimate of drug-likeness (QED) is 0.308. The predicted molar refractivity (Wildman–Crippen MR) is 160 cm³/mol. The van der Waals surface area contributed by atoms with E-state index in [1.165, 1.54) is 27.9 Å². The van der Waals surface area contributed by atoms with Gasteiger partial charge in [-0.3, -0.25) is 0 Å². The van der Waals surface area contributed by atoms with Crippen molar-refractivity contribution in [3.63, 3.8) is 0 Å². The van der Waals surface area contributed by atoms with E-state index in [2.05, 4.69) is 4.99 Å². The van der Waals surface area contributed by atoms with Crippen LogP contribution in [0.25, 0.3) is 0 Å². The highest BCUT2D eigenvalue weighted by molar-refractivity contribution is 5.99. The normalized spacial score (nSPS) is 14.5. The third-order valence-electron chi connectivity index (χ3n) is 6.28. The molecule has 3 rings (SSSR count). The molecule has 1 saturated heterocycles. The van der Waals surface area contributed by atoms with E-state index < -0.39 is 41.6 Å². The smallest absolute Gasteiger partial charge is 0.437 e. The molecule has 0 aromatic heterocycles. The molecule has 13 heteroatoms. The zero-order valence-corrected chi connectivity index (χ0v) is 26.7. The maximum atomic E-state index is 16.0. The summed E-state index contributed by atoms with van der Waals surface area (Å²) < 4.78 is 47.2. The lowest BCUT2D eigenvalue weighted by Crippen LogP contribution is -2.60. The van der Waals surface area contributed by atoms with Crippen LogP contribution >= 0.6 is 0 Å². The van der Waals surface area contributed by atoms with Crippen LogP contribution < -0.4 is 4.74 Å². The SMILES string of the molecule is COc1ccc(Cc2c(F)ccc(CN(C(=O)OC(C)(C)C)C(=NC(=O)OC(C)(C)C)N3CN(C)C(=O)N(C)C3)c2F)cc1. The average Bonchev–Trinajstić information content (AvgIpc) is 2.90. The summed E-state index contributed by atoms with van der Waals surface area (Å²) in [6.45, 7) is 9.34. The molecule has 2 aromatic rings. The van der Waals surface area contributed by atoms with E-state index in [-0.39, 0.29) is 42.9 Å². The van der Waals surface area contributed by atoms with Crippen molar-refractivity contribution in [1.29, 1.82) is 0 Å². The third kappa shape index (κ3) is 9.04. The molecule has 44 heavy (non-hydrogen) atoms. The number of ether oxygens (including phenoxy) is 3. The molecule has 0 atom stereocenters. The van der Waals surface area contributed by atoms with E-state index in [4.69, 9.17) is 14.2 Å². The molecule has 1 aliphatic heterocycles. The van der Waals surface area contributed by atoms with Gasteiger partial charge in [-0.2, -0.15) is 0 Å². The maximum Gasteiger partial charge on any atom is 0.437 e. The number of rotatable bonds is 5. The summed E-state index contributed by atoms with van der Waals surface area (Å²) in [5.41, 5.74) is -1.50. The van der Waals surface area contributed by atoms with Crippen LogP contribution in [0.5, 0.6) is 5.75 Å². The molecule has 1 aliphatic rings. The second-order valence-corrected chi connectivity index (χ2v) is 12.5. The Kier molecular flexibility index (Phi) is 10.4. The van der Waals surface area contributed by atoms with Gasteiger partial charge >= 0.3 is 18.2 Å². The number of halogens is 2. The Balaban J connectivity index is 2.11. The number of hydrogen-bond acceptors (Lipinski definition) is 6. The highest BCUT2D eigenvalue weighted by Gasteiger charge is 2.36. The molecular weight excluding hydrogens is 576 g/mol. The van der Waals surface area contributed by atoms with Gasteiger partial charge in [0.1, 0.15) is 28.6 Å². The van der Waals surface area contributed by atoms with Crippen LogP contribution in [0.4, 0.5) is 23.2 Å². The first-order valence-corrected chi connectivity index (χ1v) is 14.0. The van der Waals surface area contributed by atoms with Gasteiger partial charge in [-0.05, 0) is 65.3 Å². The minimum Gasteiger partial charge on any atom is -0.497 e. The fraction of sp³-hybridized carbons (Fsp3) is 0.484. The standard InChI is InChI=1S/C31H41F2N5O6/c1-30(2,3)43-27(39)34-26(37-18-35(7)28(40)36(8)19-37)38(29(41)44-31(4,5)6)17-21-12-15-24(32)23(25(21)33)16-20-10-13-22(42-9)14-11-20/h10-15H,16-19H2,1-9H3. The van der Waals surface area contributed by atoms with Crippen LogP contribution in [-0.4, -0.2) is 89.5 Å². The average molecular weight is 618 g/mol. The zero-order chi connectivity index (χ0) is 33.0. The van der Waals surface area contributed by atoms with Gasteiger partial charge in [-0.1, -0.05) is 18.2 Å². The number of nitrogens with zero attached hydrogens (tertiary/aromatic N) is 5. The van der Waals surface area contributed by atoms with Gasteiger partial charge in [0.15, 0.2) is 0 Å². The second-order valence-electron chi connectivity index (χ2n) is 12.5. The number of carbonyl (C=O) groups excluding carboxylic acids is 3. The van der Waals surface area contributed by atoms with Gasteiger partial charge in [-0.25, -0.2) is 28.1 Å². The first kappa shape index (κ1) is 34.1. The van der Waals surface area contributed by atoms with Crippen LogP contribution in [0.1, 0.15) is 58.2 Å². The predicted octanol–water partition coefficient (Wildman–Crippen LogP) is 5.81. The molecule has 0 unspecified atom stereocenters. The van der Waals surface area contributed by atoms with Crippen LogP contribution in [0.3, 0.4) is 0 Å². The number of aliphatic imine (C=N–C) groups is 1. The Morgan fingerprint density at radius 2 is 1.48 bits per heavy atom. The number of hydrogen-bond donors (Lipinski definition) is 0. The lowest BCUT2D eigenvalue weighted by molar-refractivity contribution is 0.0299. The molecule has 1 fully saturated rings. The van der Waals surface area contributed by atoms with Gasteiger partial charge in [0, 0.05) is 31.6 Å². The molecule has 240 valence electrons. The molecule has 4 amide bonds. The minimum absolute atomic E-state index is 0.0487. The number of carbonyl (C=O) groups is 3. The summed E-state index contributed by atoms with van der Waals surface area (Å²) in [6, 6.07) is 8.83. The van der Waals surface area contributed by atoms with Gasteiger partial charge in [0.05, 0.1) is 27.0 Å². The van der Waals surface area contributed by atoms with E-state index in [0.29, 0.717) is 11.3 Å². The molecule has 11 nitrogen and oxygen atoms in total. The van der Waals surface area contributed by atoms with Crippen molar-refractivity contribution in [3.05, 3.63) is 64.7 Å². The Labute approximate surface area is 257 Å². The lowest BCUT2D eigenvalue weighted by Gasteiger charge is -2.42. The van der Waals surface area contributed by atoms with Crippen molar-refractivity contribution >= 4 is 24.2 Å². The monoisotopic (exact) mass is 617 g/mol. The number of benzene rings is 2. The van der Waals surface area contributed by atoms with Crippen molar-refractivity contribution in [2.45, 2.75) is 65.7 Å². The fourth-order valence-electron chi connectivity index (χ4n) is 4.35. The van der Waals surface area contributed by atoms with E-state index in [1.54, 1.807) is 79.9 Å². The molecule has 0 N–H and O–H groups in total. The van der Waals surface area contributed by atoms with Crippen LogP contribution in [0.2, 0.25) is 0 Å². The first-order chi connectivity index (χ1) is 20.4.